The zero-order chi connectivity index (χ0) is 43.5. The second-order valence-electron chi connectivity index (χ2n) is 18.8. The highest BCUT2D eigenvalue weighted by atomic mass is 127. The quantitative estimate of drug-likeness (QED) is 0.188. The molecule has 2 N–H and O–H groups in total. The Hall–Kier alpha value is -2.75. The zero-order valence-corrected chi connectivity index (χ0v) is 39.9. The van der Waals surface area contributed by atoms with Crippen molar-refractivity contribution >= 4 is 51.1 Å². The average molecular weight is 943 g/mol. The third-order valence-corrected chi connectivity index (χ3v) is 14.0. The Morgan fingerprint density at radius 3 is 1.34 bits per heavy atom. The topological polar surface area (TPSA) is 125 Å². The Bertz CT molecular complexity index is 1590. The van der Waals surface area contributed by atoms with Gasteiger partial charge in [-0.05, 0) is 155 Å². The van der Waals surface area contributed by atoms with Crippen LogP contribution in [0.3, 0.4) is 0 Å². The van der Waals surface area contributed by atoms with Gasteiger partial charge in [-0.1, -0.05) is 125 Å². The summed E-state index contributed by atoms with van der Waals surface area (Å²) in [6.45, 7) is 20.0. The number of hydrogen-bond donors (Lipinski definition) is 1. The van der Waals surface area contributed by atoms with Gasteiger partial charge < -0.3 is 5.73 Å². The van der Waals surface area contributed by atoms with Gasteiger partial charge in [0.2, 0.25) is 11.1 Å². The molecular formula is C51H77ClIN3O3. The van der Waals surface area contributed by atoms with Crippen LogP contribution in [-0.4, -0.2) is 16.9 Å². The lowest BCUT2D eigenvalue weighted by Gasteiger charge is -2.36. The van der Waals surface area contributed by atoms with Crippen molar-refractivity contribution in [1.29, 1.82) is 10.5 Å². The molecule has 0 saturated heterocycles. The van der Waals surface area contributed by atoms with E-state index in [1.54, 1.807) is 0 Å². The summed E-state index contributed by atoms with van der Waals surface area (Å²) in [7, 11) is 0. The lowest BCUT2D eigenvalue weighted by molar-refractivity contribution is -0.127. The third-order valence-electron chi connectivity index (χ3n) is 13.0. The number of nitrogens with zero attached hydrogens (tertiary/aromatic N) is 2. The number of ketones is 1. The van der Waals surface area contributed by atoms with Crippen molar-refractivity contribution in [2.24, 2.45) is 76.7 Å². The van der Waals surface area contributed by atoms with Gasteiger partial charge in [0.1, 0.15) is 5.78 Å². The normalized spacial score (nSPS) is 26.2. The monoisotopic (exact) mass is 941 g/mol. The Labute approximate surface area is 378 Å². The fourth-order valence-electron chi connectivity index (χ4n) is 9.46. The van der Waals surface area contributed by atoms with Gasteiger partial charge in [0.25, 0.3) is 0 Å². The van der Waals surface area contributed by atoms with Crippen LogP contribution in [0.25, 0.3) is 0 Å². The van der Waals surface area contributed by atoms with E-state index in [1.807, 2.05) is 48.5 Å². The summed E-state index contributed by atoms with van der Waals surface area (Å²) in [5, 5.41) is 16.9. The van der Waals surface area contributed by atoms with Crippen LogP contribution in [0.5, 0.6) is 0 Å². The van der Waals surface area contributed by atoms with E-state index < -0.39 is 0 Å². The van der Waals surface area contributed by atoms with Crippen LogP contribution < -0.4 is 5.73 Å². The van der Waals surface area contributed by atoms with Gasteiger partial charge in [-0.2, -0.15) is 10.5 Å². The molecule has 0 heterocycles. The number of nitrogens with two attached hydrogens (primary N) is 1. The number of rotatable bonds is 10. The molecule has 59 heavy (non-hydrogen) atoms. The molecule has 5 rings (SSSR count). The van der Waals surface area contributed by atoms with Crippen LogP contribution in [-0.2, 0) is 33.6 Å². The number of benzene rings is 2. The number of carbonyl (C=O) groups is 3. The van der Waals surface area contributed by atoms with Crippen molar-refractivity contribution in [3.05, 3.63) is 68.8 Å². The lowest BCUT2D eigenvalue weighted by atomic mass is 9.68. The Morgan fingerprint density at radius 2 is 0.966 bits per heavy atom. The van der Waals surface area contributed by atoms with E-state index in [1.165, 1.54) is 42.1 Å². The van der Waals surface area contributed by atoms with E-state index in [4.69, 9.17) is 27.9 Å². The number of primary amides is 1. The molecule has 8 heteroatoms. The molecule has 3 fully saturated rings. The van der Waals surface area contributed by atoms with Crippen LogP contribution in [0.15, 0.2) is 48.5 Å². The molecular weight excluding hydrogens is 865 g/mol. The highest BCUT2D eigenvalue weighted by molar-refractivity contribution is 14.1. The zero-order valence-electron chi connectivity index (χ0n) is 37.0. The van der Waals surface area contributed by atoms with Gasteiger partial charge in [0.15, 0.2) is 0 Å². The minimum Gasteiger partial charge on any atom is -0.369 e. The Balaban J connectivity index is 0.000000410. The summed E-state index contributed by atoms with van der Waals surface area (Å²) in [6.07, 6.45) is 11.8. The Morgan fingerprint density at radius 1 is 0.627 bits per heavy atom. The smallest absolute Gasteiger partial charge is 0.225 e. The van der Waals surface area contributed by atoms with E-state index in [0.717, 1.165) is 36.0 Å². The number of nitriles is 2. The molecule has 0 aliphatic heterocycles. The van der Waals surface area contributed by atoms with Crippen LogP contribution >= 0.6 is 34.2 Å². The molecule has 3 saturated carbocycles. The third kappa shape index (κ3) is 19.2. The minimum atomic E-state index is -0.120. The SMILES string of the molecule is C.CC(C)[C@@H]1CC[C@@H](C)C[C@H]1C(=O)Cc1ccc(CC#N)cc1.CC(C)[C@@H]1CC[C@@H](C)C[C@H]1C(=O)Cl.CC(C)[C@@H]1CC[C@@H](C)C[C@H]1C(N)=O.N#CCc1ccc(I)cc1. The average Bonchev–Trinajstić information content (AvgIpc) is 3.17. The first-order valence-electron chi connectivity index (χ1n) is 22.0. The summed E-state index contributed by atoms with van der Waals surface area (Å²) in [6, 6.07) is 20.2. The van der Waals surface area contributed by atoms with Crippen LogP contribution in [0, 0.1) is 97.2 Å². The van der Waals surface area contributed by atoms with Gasteiger partial charge in [-0.25, -0.2) is 0 Å². The highest BCUT2D eigenvalue weighted by Crippen LogP contribution is 2.40. The molecule has 3 aliphatic rings. The van der Waals surface area contributed by atoms with Gasteiger partial charge in [-0.3, -0.25) is 14.4 Å². The fourth-order valence-corrected chi connectivity index (χ4v) is 10.1. The van der Waals surface area contributed by atoms with E-state index in [-0.39, 0.29) is 36.3 Å². The molecule has 0 spiro atoms. The van der Waals surface area contributed by atoms with Gasteiger partial charge in [0, 0.05) is 27.7 Å². The maximum atomic E-state index is 12.8. The molecule has 0 unspecified atom stereocenters. The highest BCUT2D eigenvalue weighted by Gasteiger charge is 2.36. The van der Waals surface area contributed by atoms with Crippen molar-refractivity contribution in [3.8, 4) is 12.1 Å². The largest absolute Gasteiger partial charge is 0.369 e. The predicted molar refractivity (Wildman–Crippen MR) is 254 cm³/mol. The van der Waals surface area contributed by atoms with Crippen LogP contribution in [0.1, 0.15) is 144 Å². The first-order chi connectivity index (χ1) is 27.4. The van der Waals surface area contributed by atoms with E-state index in [2.05, 4.69) is 97.0 Å². The number of amides is 1. The number of hydrogen-bond acceptors (Lipinski definition) is 5. The van der Waals surface area contributed by atoms with Crippen LogP contribution in [0.4, 0.5) is 0 Å². The molecule has 0 aromatic heterocycles. The summed E-state index contributed by atoms with van der Waals surface area (Å²) in [5.74, 6) is 6.12. The standard InChI is InChI=1S/C20H27NO.C11H19ClO.C11H21NO.C8H6IN.CH4/c1-14(2)18-9-4-15(3)12-19(18)20(22)13-17-7-5-16(6-8-17)10-11-21;2*1-7(2)9-5-4-8(3)6-10(9)11(12)13;9-8-3-1-7(2-4-8)5-6-10;/h5-8,14-15,18-19H,4,9-10,12-13H2,1-3H3;7-10H,4-6H2,1-3H3;7-10H,4-6H2,1-3H3,(H2,12,13);1-4H,5H2;1H4/t15-,18+,19-;2*8-,9+,10-;;/m111../s1. The van der Waals surface area contributed by atoms with Crippen molar-refractivity contribution in [2.45, 2.75) is 147 Å². The molecule has 2 aromatic carbocycles. The van der Waals surface area contributed by atoms with E-state index in [0.29, 0.717) is 78.3 Å². The second-order valence-corrected chi connectivity index (χ2v) is 20.4. The molecule has 0 radical (unpaired) electrons. The van der Waals surface area contributed by atoms with E-state index in [9.17, 15) is 14.4 Å². The summed E-state index contributed by atoms with van der Waals surface area (Å²) >= 11 is 7.86. The van der Waals surface area contributed by atoms with Crippen molar-refractivity contribution in [3.63, 3.8) is 0 Å². The molecule has 9 atom stereocenters. The number of Topliss-reactive ketones (excluding diaryl/α,β-unsaturated/α-hetero) is 1. The number of carbonyl (C=O) groups excluding carboxylic acids is 3. The van der Waals surface area contributed by atoms with Crippen molar-refractivity contribution in [2.75, 3.05) is 0 Å². The maximum Gasteiger partial charge on any atom is 0.225 e. The molecule has 1 amide bonds. The first-order valence-corrected chi connectivity index (χ1v) is 23.4. The summed E-state index contributed by atoms with van der Waals surface area (Å²) in [4.78, 5) is 35.2. The van der Waals surface area contributed by atoms with Gasteiger partial charge in [0.05, 0.1) is 25.0 Å². The maximum absolute atomic E-state index is 12.8. The van der Waals surface area contributed by atoms with E-state index >= 15 is 0 Å². The van der Waals surface area contributed by atoms with Gasteiger partial charge in [-0.15, -0.1) is 0 Å². The molecule has 328 valence electrons. The van der Waals surface area contributed by atoms with Crippen molar-refractivity contribution < 1.29 is 14.4 Å². The second kappa shape index (κ2) is 28.0. The predicted octanol–water partition coefficient (Wildman–Crippen LogP) is 13.2. The fraction of sp³-hybridized carbons (Fsp3) is 0.667. The molecule has 0 bridgehead atoms. The lowest BCUT2D eigenvalue weighted by Crippen LogP contribution is -2.37. The molecule has 2 aromatic rings. The minimum absolute atomic E-state index is 0. The molecule has 6 nitrogen and oxygen atoms in total. The van der Waals surface area contributed by atoms with Gasteiger partial charge >= 0.3 is 0 Å². The summed E-state index contributed by atoms with van der Waals surface area (Å²) in [5.41, 5.74) is 8.60. The molecule has 3 aliphatic carbocycles. The summed E-state index contributed by atoms with van der Waals surface area (Å²) < 4.78 is 1.21. The Kier molecular flexibility index (Phi) is 25.7. The van der Waals surface area contributed by atoms with Crippen LogP contribution in [0.2, 0.25) is 0 Å². The number of halogens is 2. The first kappa shape index (κ1) is 54.3. The van der Waals surface area contributed by atoms with Crippen molar-refractivity contribution in [1.82, 2.24) is 0 Å².